The van der Waals surface area contributed by atoms with Crippen molar-refractivity contribution in [1.29, 1.82) is 0 Å². The van der Waals surface area contributed by atoms with Gasteiger partial charge in [-0.3, -0.25) is 9.97 Å². The lowest BCUT2D eigenvalue weighted by Gasteiger charge is -2.22. The van der Waals surface area contributed by atoms with Gasteiger partial charge in [0.2, 0.25) is 0 Å². The fourth-order valence-electron chi connectivity index (χ4n) is 2.07. The van der Waals surface area contributed by atoms with Crippen molar-refractivity contribution < 1.29 is 19.4 Å². The first-order chi connectivity index (χ1) is 10.8. The predicted molar refractivity (Wildman–Crippen MR) is 84.0 cm³/mol. The van der Waals surface area contributed by atoms with Gasteiger partial charge in [0.1, 0.15) is 11.6 Å². The molecule has 1 unspecified atom stereocenters. The Bertz CT molecular complexity index is 719. The number of aromatic nitrogens is 2. The van der Waals surface area contributed by atoms with Crippen LogP contribution in [-0.2, 0) is 16.0 Å². The summed E-state index contributed by atoms with van der Waals surface area (Å²) in [4.78, 5) is 31.6. The number of hydrogen-bond acceptors (Lipinski definition) is 5. The van der Waals surface area contributed by atoms with E-state index in [9.17, 15) is 14.7 Å². The summed E-state index contributed by atoms with van der Waals surface area (Å²) in [7, 11) is 0. The molecule has 0 saturated heterocycles. The van der Waals surface area contributed by atoms with Crippen LogP contribution in [0.15, 0.2) is 30.6 Å². The maximum atomic E-state index is 11.8. The Balaban J connectivity index is 2.19. The maximum Gasteiger partial charge on any atom is 0.408 e. The van der Waals surface area contributed by atoms with E-state index in [2.05, 4.69) is 15.3 Å². The molecule has 1 amide bonds. The van der Waals surface area contributed by atoms with Crippen LogP contribution in [0, 0.1) is 0 Å². The molecule has 0 bridgehead atoms. The van der Waals surface area contributed by atoms with Crippen molar-refractivity contribution in [3.8, 4) is 0 Å². The number of carbonyl (C=O) groups excluding carboxylic acids is 1. The third kappa shape index (κ3) is 4.64. The van der Waals surface area contributed by atoms with Crippen LogP contribution >= 0.6 is 0 Å². The number of carbonyl (C=O) groups is 2. The number of amides is 1. The Kier molecular flexibility index (Phi) is 4.78. The third-order valence-corrected chi connectivity index (χ3v) is 3.00. The molecule has 2 aromatic rings. The van der Waals surface area contributed by atoms with Gasteiger partial charge in [-0.2, -0.15) is 0 Å². The minimum atomic E-state index is -1.15. The van der Waals surface area contributed by atoms with Gasteiger partial charge < -0.3 is 15.2 Å². The van der Waals surface area contributed by atoms with Gasteiger partial charge >= 0.3 is 12.1 Å². The van der Waals surface area contributed by atoms with Crippen LogP contribution in [0.1, 0.15) is 26.5 Å². The zero-order valence-corrected chi connectivity index (χ0v) is 13.2. The average molecular weight is 317 g/mol. The number of carboxylic acid groups (broad SMARTS) is 1. The highest BCUT2D eigenvalue weighted by atomic mass is 16.6. The molecule has 0 radical (unpaired) electrons. The van der Waals surface area contributed by atoms with E-state index in [1.807, 2.05) is 6.07 Å². The monoisotopic (exact) mass is 317 g/mol. The van der Waals surface area contributed by atoms with Gasteiger partial charge in [0.05, 0.1) is 11.2 Å². The molecule has 1 atom stereocenters. The van der Waals surface area contributed by atoms with Crippen molar-refractivity contribution in [3.63, 3.8) is 0 Å². The summed E-state index contributed by atoms with van der Waals surface area (Å²) in [6, 6.07) is 4.18. The van der Waals surface area contributed by atoms with Crippen LogP contribution in [0.4, 0.5) is 4.79 Å². The second-order valence-corrected chi connectivity index (χ2v) is 6.07. The average Bonchev–Trinajstić information content (AvgIpc) is 2.44. The van der Waals surface area contributed by atoms with E-state index in [1.54, 1.807) is 45.3 Å². The van der Waals surface area contributed by atoms with Crippen LogP contribution in [-0.4, -0.2) is 38.8 Å². The summed E-state index contributed by atoms with van der Waals surface area (Å²) in [6.45, 7) is 5.13. The molecule has 0 aliphatic heterocycles. The molecule has 2 aromatic heterocycles. The van der Waals surface area contributed by atoms with Crippen LogP contribution < -0.4 is 5.32 Å². The highest BCUT2D eigenvalue weighted by Gasteiger charge is 2.25. The summed E-state index contributed by atoms with van der Waals surface area (Å²) in [5.74, 6) is -1.15. The molecule has 7 nitrogen and oxygen atoms in total. The number of hydrogen-bond donors (Lipinski definition) is 2. The lowest BCUT2D eigenvalue weighted by molar-refractivity contribution is -0.139. The number of nitrogens with zero attached hydrogens (tertiary/aromatic N) is 2. The first-order valence-corrected chi connectivity index (χ1v) is 7.17. The highest BCUT2D eigenvalue weighted by Crippen LogP contribution is 2.16. The zero-order valence-electron chi connectivity index (χ0n) is 13.2. The van der Waals surface area contributed by atoms with E-state index in [0.29, 0.717) is 5.69 Å². The van der Waals surface area contributed by atoms with Gasteiger partial charge in [0, 0.05) is 24.2 Å². The second kappa shape index (κ2) is 6.60. The van der Waals surface area contributed by atoms with Crippen molar-refractivity contribution in [2.75, 3.05) is 0 Å². The van der Waals surface area contributed by atoms with E-state index in [0.717, 1.165) is 10.9 Å². The highest BCUT2D eigenvalue weighted by molar-refractivity contribution is 5.83. The standard InChI is InChI=1S/C16H19N3O4/c1-16(2,3)23-15(22)19-13(14(20)21)9-12-10-5-4-7-17-11(10)6-8-18-12/h4-8,13H,9H2,1-3H3,(H,19,22)(H,20,21). The molecule has 23 heavy (non-hydrogen) atoms. The molecule has 0 aromatic carbocycles. The van der Waals surface area contributed by atoms with Gasteiger partial charge in [-0.05, 0) is 39.0 Å². The number of aliphatic carboxylic acids is 1. The molecule has 2 heterocycles. The van der Waals surface area contributed by atoms with Gasteiger partial charge in [-0.15, -0.1) is 0 Å². The molecule has 7 heteroatoms. The van der Waals surface area contributed by atoms with Crippen LogP contribution in [0.2, 0.25) is 0 Å². The molecule has 2 N–H and O–H groups in total. The number of alkyl carbamates (subject to hydrolysis) is 1. The number of rotatable bonds is 4. The second-order valence-electron chi connectivity index (χ2n) is 6.07. The SMILES string of the molecule is CC(C)(C)OC(=O)NC(Cc1nccc2ncccc12)C(=O)O. The van der Waals surface area contributed by atoms with Gasteiger partial charge in [-0.1, -0.05) is 0 Å². The molecule has 122 valence electrons. The summed E-state index contributed by atoms with van der Waals surface area (Å²) in [5, 5.41) is 12.5. The molecule has 0 aliphatic carbocycles. The molecule has 0 fully saturated rings. The van der Waals surface area contributed by atoms with Crippen molar-refractivity contribution in [1.82, 2.24) is 15.3 Å². The quantitative estimate of drug-likeness (QED) is 0.896. The topological polar surface area (TPSA) is 101 Å². The van der Waals surface area contributed by atoms with Gasteiger partial charge in [-0.25, -0.2) is 9.59 Å². The predicted octanol–water partition coefficient (Wildman–Crippen LogP) is 2.15. The number of nitrogens with one attached hydrogen (secondary N) is 1. The van der Waals surface area contributed by atoms with E-state index in [-0.39, 0.29) is 6.42 Å². The van der Waals surface area contributed by atoms with E-state index >= 15 is 0 Å². The molecule has 0 saturated carbocycles. The Labute approximate surface area is 133 Å². The molecule has 0 spiro atoms. The smallest absolute Gasteiger partial charge is 0.408 e. The molecular formula is C16H19N3O4. The zero-order chi connectivity index (χ0) is 17.0. The Morgan fingerprint density at radius 1 is 1.26 bits per heavy atom. The van der Waals surface area contributed by atoms with Gasteiger partial charge in [0.15, 0.2) is 0 Å². The first kappa shape index (κ1) is 16.7. The van der Waals surface area contributed by atoms with Crippen molar-refractivity contribution in [3.05, 3.63) is 36.3 Å². The van der Waals surface area contributed by atoms with Gasteiger partial charge in [0.25, 0.3) is 0 Å². The third-order valence-electron chi connectivity index (χ3n) is 3.00. The first-order valence-electron chi connectivity index (χ1n) is 7.17. The Hall–Kier alpha value is -2.70. The van der Waals surface area contributed by atoms with Crippen LogP contribution in [0.3, 0.4) is 0 Å². The Morgan fingerprint density at radius 3 is 2.65 bits per heavy atom. The Morgan fingerprint density at radius 2 is 2.00 bits per heavy atom. The van der Waals surface area contributed by atoms with Crippen LogP contribution in [0.5, 0.6) is 0 Å². The van der Waals surface area contributed by atoms with E-state index in [4.69, 9.17) is 4.74 Å². The van der Waals surface area contributed by atoms with Crippen LogP contribution in [0.25, 0.3) is 10.9 Å². The lowest BCUT2D eigenvalue weighted by Crippen LogP contribution is -2.44. The fraction of sp³-hybridized carbons (Fsp3) is 0.375. The van der Waals surface area contributed by atoms with Crippen molar-refractivity contribution in [2.24, 2.45) is 0 Å². The van der Waals surface area contributed by atoms with Crippen molar-refractivity contribution >= 4 is 23.0 Å². The number of carboxylic acids is 1. The summed E-state index contributed by atoms with van der Waals surface area (Å²) >= 11 is 0. The fourth-order valence-corrected chi connectivity index (χ4v) is 2.07. The summed E-state index contributed by atoms with van der Waals surface area (Å²) in [6.07, 6.45) is 2.48. The minimum Gasteiger partial charge on any atom is -0.480 e. The number of fused-ring (bicyclic) bond motifs is 1. The minimum absolute atomic E-state index is 0.0393. The molecule has 0 aliphatic rings. The largest absolute Gasteiger partial charge is 0.480 e. The summed E-state index contributed by atoms with van der Waals surface area (Å²) < 4.78 is 5.10. The molecule has 2 rings (SSSR count). The summed E-state index contributed by atoms with van der Waals surface area (Å²) in [5.41, 5.74) is 0.576. The molecular weight excluding hydrogens is 298 g/mol. The maximum absolute atomic E-state index is 11.8. The lowest BCUT2D eigenvalue weighted by atomic mass is 10.1. The number of ether oxygens (including phenoxy) is 1. The number of pyridine rings is 2. The van der Waals surface area contributed by atoms with E-state index in [1.165, 1.54) is 0 Å². The normalized spacial score (nSPS) is 12.7. The van der Waals surface area contributed by atoms with Crippen molar-refractivity contribution in [2.45, 2.75) is 38.8 Å². The van der Waals surface area contributed by atoms with E-state index < -0.39 is 23.7 Å².